The number of hydrogen-bond donors (Lipinski definition) is 3. The summed E-state index contributed by atoms with van der Waals surface area (Å²) in [5, 5.41) is 15.5. The maximum absolute atomic E-state index is 13.3. The van der Waals surface area contributed by atoms with E-state index in [9.17, 15) is 18.0 Å². The molecular weight excluding hydrogens is 315 g/mol. The third-order valence-electron chi connectivity index (χ3n) is 3.35. The maximum Gasteiger partial charge on any atom is 0.428 e. The Labute approximate surface area is 130 Å². The number of hydrazone groups is 1. The number of carbonyl (C=O) groups is 1. The number of alkyl halides is 3. The number of rotatable bonds is 5. The van der Waals surface area contributed by atoms with E-state index in [2.05, 4.69) is 20.6 Å². The van der Waals surface area contributed by atoms with Crippen LogP contribution < -0.4 is 10.7 Å². The van der Waals surface area contributed by atoms with Gasteiger partial charge in [-0.2, -0.15) is 18.3 Å². The average Bonchev–Trinajstić information content (AvgIpc) is 2.52. The standard InChI is InChI=1S/C14H16F3N3O3/c1-2-9(6-21)18-11-4-3-8(5-10(11)14(15,16)17)12-7-23-13(22)20-19-12/h3-5,9,18,21H,2,6-7H2,1H3,(H,20,22)/t9-/m0/s1. The van der Waals surface area contributed by atoms with Crippen LogP contribution in [0.3, 0.4) is 0 Å². The Bertz CT molecular complexity index is 613. The average molecular weight is 331 g/mol. The zero-order valence-corrected chi connectivity index (χ0v) is 12.3. The zero-order chi connectivity index (χ0) is 17.0. The minimum absolute atomic E-state index is 0.122. The lowest BCUT2D eigenvalue weighted by Gasteiger charge is -2.21. The number of halogens is 3. The van der Waals surface area contributed by atoms with E-state index < -0.39 is 23.9 Å². The van der Waals surface area contributed by atoms with Crippen LogP contribution in [0.25, 0.3) is 0 Å². The number of carbonyl (C=O) groups excluding carboxylic acids is 1. The van der Waals surface area contributed by atoms with E-state index in [-0.39, 0.29) is 30.2 Å². The predicted molar refractivity (Wildman–Crippen MR) is 77.3 cm³/mol. The van der Waals surface area contributed by atoms with Gasteiger partial charge >= 0.3 is 12.3 Å². The van der Waals surface area contributed by atoms with Gasteiger partial charge in [0.25, 0.3) is 0 Å². The highest BCUT2D eigenvalue weighted by atomic mass is 19.4. The first-order chi connectivity index (χ1) is 10.8. The van der Waals surface area contributed by atoms with E-state index >= 15 is 0 Å². The fraction of sp³-hybridized carbons (Fsp3) is 0.429. The summed E-state index contributed by atoms with van der Waals surface area (Å²) in [5.74, 6) is 0. The SMILES string of the molecule is CC[C@@H](CO)Nc1ccc(C2=NNC(=O)OC2)cc1C(F)(F)F. The van der Waals surface area contributed by atoms with E-state index in [1.54, 1.807) is 6.92 Å². The summed E-state index contributed by atoms with van der Waals surface area (Å²) in [4.78, 5) is 10.9. The van der Waals surface area contributed by atoms with Crippen molar-refractivity contribution < 1.29 is 27.8 Å². The van der Waals surface area contributed by atoms with Crippen molar-refractivity contribution in [1.82, 2.24) is 5.43 Å². The van der Waals surface area contributed by atoms with Gasteiger partial charge in [-0.3, -0.25) is 0 Å². The molecule has 6 nitrogen and oxygen atoms in total. The molecule has 23 heavy (non-hydrogen) atoms. The van der Waals surface area contributed by atoms with Crippen LogP contribution in [0.1, 0.15) is 24.5 Å². The molecule has 1 amide bonds. The zero-order valence-electron chi connectivity index (χ0n) is 12.3. The molecule has 0 spiro atoms. The summed E-state index contributed by atoms with van der Waals surface area (Å²) < 4.78 is 44.5. The van der Waals surface area contributed by atoms with E-state index in [1.165, 1.54) is 12.1 Å². The van der Waals surface area contributed by atoms with E-state index in [4.69, 9.17) is 5.11 Å². The first-order valence-corrected chi connectivity index (χ1v) is 6.93. The Morgan fingerprint density at radius 3 is 2.74 bits per heavy atom. The lowest BCUT2D eigenvalue weighted by molar-refractivity contribution is -0.137. The van der Waals surface area contributed by atoms with Crippen LogP contribution in [0.5, 0.6) is 0 Å². The largest absolute Gasteiger partial charge is 0.442 e. The Morgan fingerprint density at radius 1 is 1.48 bits per heavy atom. The second-order valence-electron chi connectivity index (χ2n) is 4.94. The van der Waals surface area contributed by atoms with Crippen molar-refractivity contribution in [2.75, 3.05) is 18.5 Å². The minimum Gasteiger partial charge on any atom is -0.442 e. The summed E-state index contributed by atoms with van der Waals surface area (Å²) in [6.45, 7) is 1.28. The predicted octanol–water partition coefficient (Wildman–Crippen LogP) is 2.33. The summed E-state index contributed by atoms with van der Waals surface area (Å²) in [6.07, 6.45) is -4.86. The molecule has 2 rings (SSSR count). The number of aliphatic hydroxyl groups excluding tert-OH is 1. The molecule has 1 atom stereocenters. The number of cyclic esters (lactones) is 1. The Kier molecular flexibility index (Phi) is 5.09. The molecule has 1 heterocycles. The van der Waals surface area contributed by atoms with E-state index in [1.807, 2.05) is 0 Å². The number of benzene rings is 1. The molecule has 9 heteroatoms. The van der Waals surface area contributed by atoms with E-state index in [0.29, 0.717) is 6.42 Å². The molecule has 1 aromatic carbocycles. The fourth-order valence-electron chi connectivity index (χ4n) is 2.04. The molecule has 126 valence electrons. The van der Waals surface area contributed by atoms with Gasteiger partial charge in [0.15, 0.2) is 0 Å². The van der Waals surface area contributed by atoms with Gasteiger partial charge in [-0.1, -0.05) is 13.0 Å². The second-order valence-corrected chi connectivity index (χ2v) is 4.94. The molecule has 1 aromatic rings. The van der Waals surface area contributed by atoms with Gasteiger partial charge < -0.3 is 15.2 Å². The van der Waals surface area contributed by atoms with Crippen LogP contribution in [0.2, 0.25) is 0 Å². The van der Waals surface area contributed by atoms with Gasteiger partial charge in [0.1, 0.15) is 12.3 Å². The maximum atomic E-state index is 13.3. The van der Waals surface area contributed by atoms with Crippen molar-refractivity contribution in [3.8, 4) is 0 Å². The topological polar surface area (TPSA) is 83.0 Å². The number of anilines is 1. The Balaban J connectivity index is 2.37. The van der Waals surface area contributed by atoms with Crippen LogP contribution >= 0.6 is 0 Å². The lowest BCUT2D eigenvalue weighted by atomic mass is 10.0. The number of aliphatic hydroxyl groups is 1. The number of amides is 1. The van der Waals surface area contributed by atoms with Crippen LogP contribution in [0.4, 0.5) is 23.7 Å². The number of nitrogens with one attached hydrogen (secondary N) is 2. The van der Waals surface area contributed by atoms with Crippen LogP contribution in [0.15, 0.2) is 23.3 Å². The highest BCUT2D eigenvalue weighted by Crippen LogP contribution is 2.36. The summed E-state index contributed by atoms with van der Waals surface area (Å²) in [7, 11) is 0. The Morgan fingerprint density at radius 2 is 2.22 bits per heavy atom. The van der Waals surface area contributed by atoms with Crippen molar-refractivity contribution in [1.29, 1.82) is 0 Å². The summed E-state index contributed by atoms with van der Waals surface area (Å²) in [5.41, 5.74) is 1.44. The van der Waals surface area contributed by atoms with Crippen molar-refractivity contribution in [3.63, 3.8) is 0 Å². The van der Waals surface area contributed by atoms with Crippen molar-refractivity contribution in [2.24, 2.45) is 5.10 Å². The monoisotopic (exact) mass is 331 g/mol. The van der Waals surface area contributed by atoms with Crippen LogP contribution in [-0.4, -0.2) is 36.2 Å². The first-order valence-electron chi connectivity index (χ1n) is 6.93. The fourth-order valence-corrected chi connectivity index (χ4v) is 2.04. The van der Waals surface area contributed by atoms with Crippen molar-refractivity contribution >= 4 is 17.5 Å². The molecule has 1 aliphatic rings. The van der Waals surface area contributed by atoms with Gasteiger partial charge in [-0.05, 0) is 18.6 Å². The smallest absolute Gasteiger partial charge is 0.428 e. The normalized spacial score (nSPS) is 16.2. The van der Waals surface area contributed by atoms with Crippen molar-refractivity contribution in [3.05, 3.63) is 29.3 Å². The number of ether oxygens (including phenoxy) is 1. The molecule has 0 bridgehead atoms. The van der Waals surface area contributed by atoms with Crippen LogP contribution in [0, 0.1) is 0 Å². The molecule has 1 aliphatic heterocycles. The van der Waals surface area contributed by atoms with E-state index in [0.717, 1.165) is 6.07 Å². The molecule has 0 fully saturated rings. The van der Waals surface area contributed by atoms with Crippen molar-refractivity contribution in [2.45, 2.75) is 25.6 Å². The summed E-state index contributed by atoms with van der Waals surface area (Å²) >= 11 is 0. The quantitative estimate of drug-likeness (QED) is 0.773. The molecule has 0 radical (unpaired) electrons. The summed E-state index contributed by atoms with van der Waals surface area (Å²) in [6, 6.07) is 3.18. The van der Waals surface area contributed by atoms with Gasteiger partial charge in [-0.15, -0.1) is 0 Å². The third kappa shape index (κ3) is 4.13. The van der Waals surface area contributed by atoms with Crippen LogP contribution in [-0.2, 0) is 10.9 Å². The number of hydrogen-bond acceptors (Lipinski definition) is 5. The van der Waals surface area contributed by atoms with Gasteiger partial charge in [-0.25, -0.2) is 10.2 Å². The molecule has 0 unspecified atom stereocenters. The third-order valence-corrected chi connectivity index (χ3v) is 3.35. The molecule has 0 aliphatic carbocycles. The molecular formula is C14H16F3N3O3. The lowest BCUT2D eigenvalue weighted by Crippen LogP contribution is -2.31. The minimum atomic E-state index is -4.58. The second kappa shape index (κ2) is 6.86. The molecule has 3 N–H and O–H groups in total. The molecule has 0 saturated carbocycles. The highest BCUT2D eigenvalue weighted by molar-refractivity contribution is 6.04. The van der Waals surface area contributed by atoms with Gasteiger partial charge in [0.2, 0.25) is 0 Å². The van der Waals surface area contributed by atoms with Gasteiger partial charge in [0.05, 0.1) is 12.2 Å². The highest BCUT2D eigenvalue weighted by Gasteiger charge is 2.34. The van der Waals surface area contributed by atoms with Gasteiger partial charge in [0, 0.05) is 17.3 Å². The Hall–Kier alpha value is -2.29. The number of nitrogens with zero attached hydrogens (tertiary/aromatic N) is 1. The molecule has 0 saturated heterocycles. The molecule has 0 aromatic heterocycles. The first kappa shape index (κ1) is 17.1.